The minimum Gasteiger partial charge on any atom is -0.449 e. The van der Waals surface area contributed by atoms with Gasteiger partial charge in [-0.15, -0.1) is 0 Å². The van der Waals surface area contributed by atoms with Gasteiger partial charge in [0.25, 0.3) is 0 Å². The summed E-state index contributed by atoms with van der Waals surface area (Å²) in [5.74, 6) is 0.358. The fraction of sp³-hybridized carbons (Fsp3) is 0.367. The van der Waals surface area contributed by atoms with Gasteiger partial charge >= 0.3 is 6.09 Å². The molecule has 0 bridgehead atoms. The van der Waals surface area contributed by atoms with Crippen LogP contribution in [0.4, 0.5) is 4.79 Å². The molecule has 5 heteroatoms. The van der Waals surface area contributed by atoms with Crippen LogP contribution in [0.2, 0.25) is 0 Å². The number of carbonyl (C=O) groups excluding carboxylic acids is 1. The van der Waals surface area contributed by atoms with Crippen molar-refractivity contribution in [2.24, 2.45) is 0 Å². The molecule has 0 radical (unpaired) electrons. The van der Waals surface area contributed by atoms with E-state index in [1.54, 1.807) is 0 Å². The van der Waals surface area contributed by atoms with Crippen LogP contribution < -0.4 is 5.32 Å². The number of nitrogens with one attached hydrogen (secondary N) is 1. The van der Waals surface area contributed by atoms with Crippen molar-refractivity contribution >= 4 is 6.09 Å². The number of fused-ring (bicyclic) bond motifs is 3. The predicted octanol–water partition coefficient (Wildman–Crippen LogP) is 5.87. The minimum atomic E-state index is -1.16. The van der Waals surface area contributed by atoms with Crippen LogP contribution in [-0.2, 0) is 4.74 Å². The molecule has 0 spiro atoms. The highest BCUT2D eigenvalue weighted by atomic mass is 16.5. The average Bonchev–Trinajstić information content (AvgIpc) is 3.18. The number of hydrogen-bond donors (Lipinski definition) is 3. The van der Waals surface area contributed by atoms with Crippen molar-refractivity contribution in [2.45, 2.75) is 57.7 Å². The summed E-state index contributed by atoms with van der Waals surface area (Å²) in [5.41, 5.74) is 7.37. The SMILES string of the molecule is CC(C)c1cccc(C(C)C)c1C(O)C(O)CNC(=O)OCC1c2ccccc2-c2ccccc21. The van der Waals surface area contributed by atoms with E-state index in [9.17, 15) is 15.0 Å². The van der Waals surface area contributed by atoms with Gasteiger partial charge in [0.15, 0.2) is 0 Å². The highest BCUT2D eigenvalue weighted by Gasteiger charge is 2.30. The quantitative estimate of drug-likeness (QED) is 0.383. The van der Waals surface area contributed by atoms with Crippen molar-refractivity contribution in [1.82, 2.24) is 5.32 Å². The summed E-state index contributed by atoms with van der Waals surface area (Å²) in [7, 11) is 0. The lowest BCUT2D eigenvalue weighted by atomic mass is 9.84. The molecule has 2 unspecified atom stereocenters. The van der Waals surface area contributed by atoms with E-state index in [0.29, 0.717) is 0 Å². The molecule has 0 aliphatic heterocycles. The topological polar surface area (TPSA) is 78.8 Å². The Bertz CT molecular complexity index is 1110. The van der Waals surface area contributed by atoms with Crippen LogP contribution in [0.1, 0.15) is 79.4 Å². The standard InChI is InChI=1S/C30H35NO4/c1-18(2)20-14-9-15-21(19(3)4)28(20)29(33)27(32)16-31-30(34)35-17-26-24-12-7-5-10-22(24)23-11-6-8-13-25(23)26/h5-15,18-19,26-27,29,32-33H,16-17H2,1-4H3,(H,31,34). The molecule has 1 amide bonds. The number of benzene rings is 3. The second-order valence-corrected chi connectivity index (χ2v) is 9.88. The van der Waals surface area contributed by atoms with Gasteiger partial charge < -0.3 is 20.3 Å². The van der Waals surface area contributed by atoms with Gasteiger partial charge in [-0.25, -0.2) is 4.79 Å². The molecule has 0 heterocycles. The lowest BCUT2D eigenvalue weighted by Crippen LogP contribution is -2.37. The molecular weight excluding hydrogens is 438 g/mol. The zero-order valence-electron chi connectivity index (χ0n) is 20.9. The molecular formula is C30H35NO4. The first-order valence-corrected chi connectivity index (χ1v) is 12.4. The minimum absolute atomic E-state index is 0.0322. The van der Waals surface area contributed by atoms with E-state index in [4.69, 9.17) is 4.74 Å². The lowest BCUT2D eigenvalue weighted by Gasteiger charge is -2.26. The first-order chi connectivity index (χ1) is 16.8. The Morgan fingerprint density at radius 3 is 1.86 bits per heavy atom. The molecule has 184 valence electrons. The largest absolute Gasteiger partial charge is 0.449 e. The van der Waals surface area contributed by atoms with Gasteiger partial charge in [0.2, 0.25) is 0 Å². The lowest BCUT2D eigenvalue weighted by molar-refractivity contribution is 0.0173. The highest BCUT2D eigenvalue weighted by molar-refractivity contribution is 5.79. The van der Waals surface area contributed by atoms with Gasteiger partial charge in [0.1, 0.15) is 18.8 Å². The second-order valence-electron chi connectivity index (χ2n) is 9.88. The maximum Gasteiger partial charge on any atom is 0.407 e. The van der Waals surface area contributed by atoms with Gasteiger partial charge in [-0.1, -0.05) is 94.4 Å². The summed E-state index contributed by atoms with van der Waals surface area (Å²) in [6, 6.07) is 22.3. The van der Waals surface area contributed by atoms with Gasteiger partial charge in [-0.3, -0.25) is 0 Å². The van der Waals surface area contributed by atoms with Crippen LogP contribution in [0.3, 0.4) is 0 Å². The fourth-order valence-electron chi connectivity index (χ4n) is 5.09. The van der Waals surface area contributed by atoms with Crippen molar-refractivity contribution in [1.29, 1.82) is 0 Å². The number of ether oxygens (including phenoxy) is 1. The summed E-state index contributed by atoms with van der Waals surface area (Å²) >= 11 is 0. The molecule has 2 atom stereocenters. The second kappa shape index (κ2) is 10.6. The Balaban J connectivity index is 1.40. The smallest absolute Gasteiger partial charge is 0.407 e. The molecule has 0 aromatic heterocycles. The third kappa shape index (κ3) is 5.12. The van der Waals surface area contributed by atoms with Crippen LogP contribution in [0.25, 0.3) is 11.1 Å². The summed E-state index contributed by atoms with van der Waals surface area (Å²) < 4.78 is 5.56. The van der Waals surface area contributed by atoms with Crippen LogP contribution in [0, 0.1) is 0 Å². The Labute approximate surface area is 207 Å². The van der Waals surface area contributed by atoms with E-state index in [2.05, 4.69) is 57.3 Å². The van der Waals surface area contributed by atoms with Crippen molar-refractivity contribution in [2.75, 3.05) is 13.2 Å². The summed E-state index contributed by atoms with van der Waals surface area (Å²) in [6.45, 7) is 8.36. The number of aliphatic hydroxyl groups is 2. The maximum absolute atomic E-state index is 12.5. The Morgan fingerprint density at radius 2 is 1.34 bits per heavy atom. The number of carbonyl (C=O) groups is 1. The first-order valence-electron chi connectivity index (χ1n) is 12.4. The Morgan fingerprint density at radius 1 is 0.829 bits per heavy atom. The number of amides is 1. The number of hydrogen-bond acceptors (Lipinski definition) is 4. The van der Waals surface area contributed by atoms with E-state index in [1.165, 1.54) is 11.1 Å². The van der Waals surface area contributed by atoms with Gasteiger partial charge in [0.05, 0.1) is 0 Å². The van der Waals surface area contributed by atoms with Crippen molar-refractivity contribution < 1.29 is 19.7 Å². The molecule has 1 aliphatic carbocycles. The highest BCUT2D eigenvalue weighted by Crippen LogP contribution is 2.44. The number of alkyl carbamates (subject to hydrolysis) is 1. The zero-order chi connectivity index (χ0) is 25.1. The van der Waals surface area contributed by atoms with Crippen LogP contribution in [0.5, 0.6) is 0 Å². The maximum atomic E-state index is 12.5. The van der Waals surface area contributed by atoms with E-state index in [-0.39, 0.29) is 30.9 Å². The molecule has 3 aromatic carbocycles. The molecule has 0 saturated heterocycles. The molecule has 0 saturated carbocycles. The fourth-order valence-corrected chi connectivity index (χ4v) is 5.09. The Kier molecular flexibility index (Phi) is 7.58. The number of aliphatic hydroxyl groups excluding tert-OH is 2. The van der Waals surface area contributed by atoms with Crippen molar-refractivity contribution in [3.05, 3.63) is 94.5 Å². The van der Waals surface area contributed by atoms with E-state index >= 15 is 0 Å². The molecule has 3 aromatic rings. The number of rotatable bonds is 8. The third-order valence-corrected chi connectivity index (χ3v) is 6.88. The van der Waals surface area contributed by atoms with Gasteiger partial charge in [-0.05, 0) is 50.8 Å². The molecule has 0 fully saturated rings. The molecule has 1 aliphatic rings. The Hall–Kier alpha value is -3.15. The van der Waals surface area contributed by atoms with Crippen molar-refractivity contribution in [3.8, 4) is 11.1 Å². The summed E-state index contributed by atoms with van der Waals surface area (Å²) in [5, 5.41) is 24.4. The van der Waals surface area contributed by atoms with Crippen LogP contribution in [0.15, 0.2) is 66.7 Å². The normalized spacial score (nSPS) is 14.5. The molecule has 35 heavy (non-hydrogen) atoms. The van der Waals surface area contributed by atoms with E-state index in [1.807, 2.05) is 42.5 Å². The molecule has 5 nitrogen and oxygen atoms in total. The summed E-state index contributed by atoms with van der Waals surface area (Å²) in [6.07, 6.45) is -2.88. The van der Waals surface area contributed by atoms with Crippen molar-refractivity contribution in [3.63, 3.8) is 0 Å². The summed E-state index contributed by atoms with van der Waals surface area (Å²) in [4.78, 5) is 12.5. The zero-order valence-corrected chi connectivity index (χ0v) is 20.9. The van der Waals surface area contributed by atoms with E-state index in [0.717, 1.165) is 27.8 Å². The molecule has 4 rings (SSSR count). The first kappa shape index (κ1) is 25.0. The van der Waals surface area contributed by atoms with Gasteiger partial charge in [0, 0.05) is 12.5 Å². The van der Waals surface area contributed by atoms with E-state index < -0.39 is 18.3 Å². The predicted molar refractivity (Wildman–Crippen MR) is 139 cm³/mol. The van der Waals surface area contributed by atoms with Crippen LogP contribution in [-0.4, -0.2) is 35.6 Å². The average molecular weight is 474 g/mol. The van der Waals surface area contributed by atoms with Gasteiger partial charge in [-0.2, -0.15) is 0 Å². The monoisotopic (exact) mass is 473 g/mol. The third-order valence-electron chi connectivity index (χ3n) is 6.88. The molecule has 3 N–H and O–H groups in total. The van der Waals surface area contributed by atoms with Crippen LogP contribution >= 0.6 is 0 Å².